The molecule has 0 spiro atoms. The first-order chi connectivity index (χ1) is 9.13. The molecule has 0 saturated carbocycles. The standard InChI is InChI=1S/C12H13N5O2/c1-6-3-8-5-10(19-9(8)4-7(6)2)11(18)13-12-14-16-17-15-12/h3-4,10H,5H2,1-2H3,(H2,13,14,15,16,17,18)/t10-/m1/s1. The van der Waals surface area contributed by atoms with E-state index < -0.39 is 6.10 Å². The highest BCUT2D eigenvalue weighted by Gasteiger charge is 2.30. The zero-order valence-electron chi connectivity index (χ0n) is 10.6. The van der Waals surface area contributed by atoms with E-state index in [9.17, 15) is 4.79 Å². The molecule has 2 N–H and O–H groups in total. The molecule has 2 heterocycles. The van der Waals surface area contributed by atoms with Crippen LogP contribution in [0.1, 0.15) is 16.7 Å². The van der Waals surface area contributed by atoms with Crippen LogP contribution in [0.3, 0.4) is 0 Å². The van der Waals surface area contributed by atoms with Crippen LogP contribution in [0.4, 0.5) is 5.95 Å². The second-order valence-electron chi connectivity index (χ2n) is 4.58. The van der Waals surface area contributed by atoms with E-state index in [1.165, 1.54) is 5.56 Å². The maximum absolute atomic E-state index is 12.0. The molecular weight excluding hydrogens is 246 g/mol. The second kappa shape index (κ2) is 4.34. The highest BCUT2D eigenvalue weighted by molar-refractivity contribution is 5.93. The third-order valence-electron chi connectivity index (χ3n) is 3.22. The van der Waals surface area contributed by atoms with Crippen LogP contribution in [0.15, 0.2) is 12.1 Å². The normalized spacial score (nSPS) is 16.8. The summed E-state index contributed by atoms with van der Waals surface area (Å²) in [6.07, 6.45) is 0.00912. The molecule has 98 valence electrons. The maximum atomic E-state index is 12.0. The molecule has 0 bridgehead atoms. The van der Waals surface area contributed by atoms with Crippen molar-refractivity contribution in [3.63, 3.8) is 0 Å². The van der Waals surface area contributed by atoms with E-state index in [4.69, 9.17) is 4.74 Å². The van der Waals surface area contributed by atoms with Crippen molar-refractivity contribution >= 4 is 11.9 Å². The van der Waals surface area contributed by atoms with Crippen LogP contribution in [-0.2, 0) is 11.2 Å². The number of nitrogens with zero attached hydrogens (tertiary/aromatic N) is 3. The lowest BCUT2D eigenvalue weighted by molar-refractivity contribution is -0.122. The number of hydrogen-bond acceptors (Lipinski definition) is 5. The molecule has 19 heavy (non-hydrogen) atoms. The summed E-state index contributed by atoms with van der Waals surface area (Å²) in [5.74, 6) is 0.654. The first-order valence-corrected chi connectivity index (χ1v) is 5.94. The average Bonchev–Trinajstić information content (AvgIpc) is 2.99. The van der Waals surface area contributed by atoms with Crippen LogP contribution in [0.5, 0.6) is 5.75 Å². The van der Waals surface area contributed by atoms with Crippen molar-refractivity contribution < 1.29 is 9.53 Å². The van der Waals surface area contributed by atoms with Crippen LogP contribution >= 0.6 is 0 Å². The van der Waals surface area contributed by atoms with E-state index >= 15 is 0 Å². The highest BCUT2D eigenvalue weighted by atomic mass is 16.5. The van der Waals surface area contributed by atoms with Crippen molar-refractivity contribution in [2.45, 2.75) is 26.4 Å². The van der Waals surface area contributed by atoms with Crippen molar-refractivity contribution in [1.29, 1.82) is 0 Å². The third kappa shape index (κ3) is 2.14. The molecule has 1 aromatic carbocycles. The molecular formula is C12H13N5O2. The van der Waals surface area contributed by atoms with Gasteiger partial charge in [-0.1, -0.05) is 11.2 Å². The molecule has 1 amide bonds. The van der Waals surface area contributed by atoms with Gasteiger partial charge in [-0.05, 0) is 41.8 Å². The number of ether oxygens (including phenoxy) is 1. The Balaban J connectivity index is 1.74. The number of fused-ring (bicyclic) bond motifs is 1. The van der Waals surface area contributed by atoms with Gasteiger partial charge >= 0.3 is 0 Å². The number of tetrazole rings is 1. The minimum Gasteiger partial charge on any atom is -0.480 e. The summed E-state index contributed by atoms with van der Waals surface area (Å²) >= 11 is 0. The van der Waals surface area contributed by atoms with Crippen molar-refractivity contribution in [2.75, 3.05) is 5.32 Å². The third-order valence-corrected chi connectivity index (χ3v) is 3.22. The van der Waals surface area contributed by atoms with Crippen molar-refractivity contribution in [2.24, 2.45) is 0 Å². The minimum atomic E-state index is -0.547. The molecule has 0 saturated heterocycles. The average molecular weight is 259 g/mol. The first kappa shape index (κ1) is 11.6. The quantitative estimate of drug-likeness (QED) is 0.830. The van der Waals surface area contributed by atoms with E-state index in [1.807, 2.05) is 19.9 Å². The molecule has 2 aromatic rings. The lowest BCUT2D eigenvalue weighted by Crippen LogP contribution is -2.31. The number of carbonyl (C=O) groups is 1. The van der Waals surface area contributed by atoms with Crippen LogP contribution in [0.25, 0.3) is 0 Å². The van der Waals surface area contributed by atoms with Crippen LogP contribution in [-0.4, -0.2) is 32.6 Å². The smallest absolute Gasteiger partial charge is 0.269 e. The van der Waals surface area contributed by atoms with Gasteiger partial charge in [-0.2, -0.15) is 5.21 Å². The number of aromatic amines is 1. The van der Waals surface area contributed by atoms with Crippen molar-refractivity contribution in [1.82, 2.24) is 20.6 Å². The summed E-state index contributed by atoms with van der Waals surface area (Å²) in [7, 11) is 0. The van der Waals surface area contributed by atoms with Gasteiger partial charge in [0, 0.05) is 6.42 Å². The molecule has 0 aliphatic carbocycles. The highest BCUT2D eigenvalue weighted by Crippen LogP contribution is 2.31. The Morgan fingerprint density at radius 3 is 2.95 bits per heavy atom. The monoisotopic (exact) mass is 259 g/mol. The molecule has 1 atom stereocenters. The van der Waals surface area contributed by atoms with Gasteiger partial charge in [-0.15, -0.1) is 5.10 Å². The number of amides is 1. The van der Waals surface area contributed by atoms with Gasteiger partial charge in [0.05, 0.1) is 0 Å². The summed E-state index contributed by atoms with van der Waals surface area (Å²) in [6, 6.07) is 4.03. The Labute approximate surface area is 109 Å². The van der Waals surface area contributed by atoms with Gasteiger partial charge in [0.15, 0.2) is 6.10 Å². The number of H-pyrrole nitrogens is 1. The number of aromatic nitrogens is 4. The van der Waals surface area contributed by atoms with Crippen molar-refractivity contribution in [3.05, 3.63) is 28.8 Å². The van der Waals surface area contributed by atoms with Crippen LogP contribution < -0.4 is 10.1 Å². The van der Waals surface area contributed by atoms with E-state index in [-0.39, 0.29) is 11.9 Å². The maximum Gasteiger partial charge on any atom is 0.269 e. The Hall–Kier alpha value is -2.44. The molecule has 7 nitrogen and oxygen atoms in total. The number of nitrogens with one attached hydrogen (secondary N) is 2. The Kier molecular flexibility index (Phi) is 2.66. The summed E-state index contributed by atoms with van der Waals surface area (Å²) in [4.78, 5) is 12.0. The fourth-order valence-corrected chi connectivity index (χ4v) is 2.07. The molecule has 3 rings (SSSR count). The fraction of sp³-hybridized carbons (Fsp3) is 0.333. The Morgan fingerprint density at radius 1 is 1.42 bits per heavy atom. The Bertz CT molecular complexity index is 592. The van der Waals surface area contributed by atoms with E-state index in [0.29, 0.717) is 6.42 Å². The SMILES string of the molecule is Cc1cc2c(cc1C)O[C@@H](C(=O)Nc1nn[nH]n1)C2. The molecule has 0 unspecified atom stereocenters. The lowest BCUT2D eigenvalue weighted by atomic mass is 10.0. The zero-order chi connectivity index (χ0) is 13.4. The summed E-state index contributed by atoms with van der Waals surface area (Å²) in [6.45, 7) is 4.06. The number of hydrogen-bond donors (Lipinski definition) is 2. The van der Waals surface area contributed by atoms with Gasteiger partial charge in [-0.3, -0.25) is 10.1 Å². The van der Waals surface area contributed by atoms with Crippen LogP contribution in [0, 0.1) is 13.8 Å². The van der Waals surface area contributed by atoms with Gasteiger partial charge < -0.3 is 4.74 Å². The van der Waals surface area contributed by atoms with Gasteiger partial charge in [-0.25, -0.2) is 0 Å². The predicted molar refractivity (Wildman–Crippen MR) is 66.8 cm³/mol. The molecule has 1 aliphatic rings. The number of rotatable bonds is 2. The summed E-state index contributed by atoms with van der Waals surface area (Å²) in [5, 5.41) is 15.5. The minimum absolute atomic E-state index is 0.150. The zero-order valence-corrected chi connectivity index (χ0v) is 10.6. The van der Waals surface area contributed by atoms with Gasteiger partial charge in [0.25, 0.3) is 11.9 Å². The van der Waals surface area contributed by atoms with E-state index in [2.05, 4.69) is 32.0 Å². The number of aryl methyl sites for hydroxylation is 2. The van der Waals surface area contributed by atoms with E-state index in [0.717, 1.165) is 16.9 Å². The molecule has 7 heteroatoms. The first-order valence-electron chi connectivity index (χ1n) is 5.94. The van der Waals surface area contributed by atoms with E-state index in [1.54, 1.807) is 0 Å². The molecule has 1 aromatic heterocycles. The topological polar surface area (TPSA) is 92.8 Å². The number of benzene rings is 1. The summed E-state index contributed by atoms with van der Waals surface area (Å²) < 4.78 is 5.66. The summed E-state index contributed by atoms with van der Waals surface area (Å²) in [5.41, 5.74) is 3.40. The molecule has 1 aliphatic heterocycles. The molecule has 0 fully saturated rings. The van der Waals surface area contributed by atoms with Gasteiger partial charge in [0.2, 0.25) is 0 Å². The predicted octanol–water partition coefficient (Wildman–Crippen LogP) is 0.759. The lowest BCUT2D eigenvalue weighted by Gasteiger charge is -2.08. The van der Waals surface area contributed by atoms with Crippen molar-refractivity contribution in [3.8, 4) is 5.75 Å². The molecule has 0 radical (unpaired) electrons. The number of carbonyl (C=O) groups excluding carboxylic acids is 1. The second-order valence-corrected chi connectivity index (χ2v) is 4.58. The fourth-order valence-electron chi connectivity index (χ4n) is 2.07. The number of anilines is 1. The van der Waals surface area contributed by atoms with Crippen LogP contribution in [0.2, 0.25) is 0 Å². The largest absolute Gasteiger partial charge is 0.480 e. The van der Waals surface area contributed by atoms with Gasteiger partial charge in [0.1, 0.15) is 5.75 Å². The Morgan fingerprint density at radius 2 is 2.21 bits per heavy atom.